The van der Waals surface area contributed by atoms with Crippen LogP contribution in [0.1, 0.15) is 13.8 Å². The molecule has 0 aromatic rings. The molecule has 1 rings (SSSR count). The third kappa shape index (κ3) is 3.21. The summed E-state index contributed by atoms with van der Waals surface area (Å²) in [5.41, 5.74) is -0.427. The van der Waals surface area contributed by atoms with Gasteiger partial charge in [-0.25, -0.2) is 0 Å². The highest BCUT2D eigenvalue weighted by atomic mass is 16.5. The summed E-state index contributed by atoms with van der Waals surface area (Å²) >= 11 is 0. The molecule has 1 N–H and O–H groups in total. The van der Waals surface area contributed by atoms with E-state index in [4.69, 9.17) is 10.00 Å². The molecule has 1 aliphatic rings. The number of nitriles is 1. The van der Waals surface area contributed by atoms with E-state index >= 15 is 0 Å². The van der Waals surface area contributed by atoms with Gasteiger partial charge in [0.1, 0.15) is 6.54 Å². The number of rotatable bonds is 1. The quantitative estimate of drug-likeness (QED) is 0.471. The number of ether oxygens (including phenoxy) is 1. The molecule has 1 heterocycles. The van der Waals surface area contributed by atoms with E-state index < -0.39 is 17.4 Å². The van der Waals surface area contributed by atoms with E-state index in [2.05, 4.69) is 5.32 Å². The molecule has 6 heteroatoms. The molecule has 88 valence electrons. The van der Waals surface area contributed by atoms with Crippen molar-refractivity contribution >= 4 is 11.8 Å². The maximum atomic E-state index is 11.6. The number of carbonyl (C=O) groups is 2. The molecule has 6 nitrogen and oxygen atoms in total. The second-order valence-electron chi connectivity index (χ2n) is 4.18. The Morgan fingerprint density at radius 1 is 1.56 bits per heavy atom. The van der Waals surface area contributed by atoms with Crippen LogP contribution in [0.25, 0.3) is 0 Å². The minimum atomic E-state index is -0.737. The van der Waals surface area contributed by atoms with Crippen LogP contribution in [0, 0.1) is 11.3 Å². The summed E-state index contributed by atoms with van der Waals surface area (Å²) in [7, 11) is 0. The molecule has 0 aromatic heterocycles. The lowest BCUT2D eigenvalue weighted by Crippen LogP contribution is -2.54. The van der Waals surface area contributed by atoms with Crippen molar-refractivity contribution in [3.05, 3.63) is 0 Å². The Kier molecular flexibility index (Phi) is 3.85. The largest absolute Gasteiger partial charge is 0.372 e. The van der Waals surface area contributed by atoms with Crippen molar-refractivity contribution < 1.29 is 14.3 Å². The first-order valence-corrected chi connectivity index (χ1v) is 5.04. The molecule has 0 radical (unpaired) electrons. The number of morpholine rings is 1. The average Bonchev–Trinajstić information content (AvgIpc) is 2.23. The first kappa shape index (κ1) is 12.5. The summed E-state index contributed by atoms with van der Waals surface area (Å²) in [5, 5.41) is 10.5. The van der Waals surface area contributed by atoms with Gasteiger partial charge in [-0.3, -0.25) is 9.59 Å². The molecule has 0 aromatic carbocycles. The minimum absolute atomic E-state index is 0.154. The number of nitrogens with zero attached hydrogens (tertiary/aromatic N) is 2. The van der Waals surface area contributed by atoms with Crippen LogP contribution in [0.2, 0.25) is 0 Å². The van der Waals surface area contributed by atoms with E-state index in [0.717, 1.165) is 0 Å². The van der Waals surface area contributed by atoms with Crippen LogP contribution in [0.5, 0.6) is 0 Å². The van der Waals surface area contributed by atoms with Crippen molar-refractivity contribution in [2.24, 2.45) is 0 Å². The Labute approximate surface area is 94.2 Å². The summed E-state index contributed by atoms with van der Waals surface area (Å²) in [6.45, 7) is 4.77. The highest BCUT2D eigenvalue weighted by Crippen LogP contribution is 2.16. The first-order valence-electron chi connectivity index (χ1n) is 5.04. The second kappa shape index (κ2) is 4.94. The van der Waals surface area contributed by atoms with Crippen molar-refractivity contribution in [3.8, 4) is 6.07 Å². The van der Waals surface area contributed by atoms with E-state index in [1.54, 1.807) is 6.07 Å². The highest BCUT2D eigenvalue weighted by Gasteiger charge is 2.32. The Morgan fingerprint density at radius 2 is 2.25 bits per heavy atom. The van der Waals surface area contributed by atoms with E-state index in [1.807, 2.05) is 13.8 Å². The number of hydrogen-bond acceptors (Lipinski definition) is 4. The third-order valence-electron chi connectivity index (χ3n) is 2.24. The van der Waals surface area contributed by atoms with E-state index in [1.165, 1.54) is 4.90 Å². The van der Waals surface area contributed by atoms with Crippen molar-refractivity contribution in [1.82, 2.24) is 10.2 Å². The van der Waals surface area contributed by atoms with Crippen LogP contribution in [-0.4, -0.2) is 48.6 Å². The third-order valence-corrected chi connectivity index (χ3v) is 2.24. The Hall–Kier alpha value is -1.61. The van der Waals surface area contributed by atoms with Gasteiger partial charge in [0, 0.05) is 13.1 Å². The van der Waals surface area contributed by atoms with Gasteiger partial charge >= 0.3 is 11.8 Å². The van der Waals surface area contributed by atoms with E-state index in [9.17, 15) is 9.59 Å². The summed E-state index contributed by atoms with van der Waals surface area (Å²) < 4.78 is 5.43. The van der Waals surface area contributed by atoms with Gasteiger partial charge in [0.15, 0.2) is 0 Å². The molecule has 0 bridgehead atoms. The van der Waals surface area contributed by atoms with Gasteiger partial charge < -0.3 is 15.0 Å². The van der Waals surface area contributed by atoms with Crippen LogP contribution >= 0.6 is 0 Å². The van der Waals surface area contributed by atoms with Crippen LogP contribution in [-0.2, 0) is 14.3 Å². The van der Waals surface area contributed by atoms with Gasteiger partial charge in [-0.2, -0.15) is 5.26 Å². The molecule has 0 atom stereocenters. The predicted molar refractivity (Wildman–Crippen MR) is 55.2 cm³/mol. The van der Waals surface area contributed by atoms with E-state index in [-0.39, 0.29) is 6.54 Å². The molecule has 1 fully saturated rings. The number of nitrogens with one attached hydrogen (secondary N) is 1. The Balaban J connectivity index is 2.54. The first-order chi connectivity index (χ1) is 7.46. The number of amides is 2. The summed E-state index contributed by atoms with van der Waals surface area (Å²) in [4.78, 5) is 24.4. The van der Waals surface area contributed by atoms with Crippen LogP contribution < -0.4 is 5.32 Å². The minimum Gasteiger partial charge on any atom is -0.372 e. The Bertz CT molecular complexity index is 333. The summed E-state index contributed by atoms with van der Waals surface area (Å²) in [6, 6.07) is 1.75. The van der Waals surface area contributed by atoms with Crippen LogP contribution in [0.3, 0.4) is 0 Å². The zero-order valence-corrected chi connectivity index (χ0v) is 9.45. The lowest BCUT2D eigenvalue weighted by atomic mass is 10.1. The smallest absolute Gasteiger partial charge is 0.312 e. The van der Waals surface area contributed by atoms with Gasteiger partial charge in [-0.05, 0) is 13.8 Å². The molecule has 0 spiro atoms. The van der Waals surface area contributed by atoms with Crippen molar-refractivity contribution in [2.45, 2.75) is 19.4 Å². The van der Waals surface area contributed by atoms with Crippen molar-refractivity contribution in [3.63, 3.8) is 0 Å². The molecular formula is C10H15N3O3. The number of hydrogen-bond donors (Lipinski definition) is 1. The second-order valence-corrected chi connectivity index (χ2v) is 4.18. The summed E-state index contributed by atoms with van der Waals surface area (Å²) in [6.07, 6.45) is 0. The van der Waals surface area contributed by atoms with Crippen LogP contribution in [0.4, 0.5) is 0 Å². The Morgan fingerprint density at radius 3 is 2.81 bits per heavy atom. The molecule has 0 aliphatic carbocycles. The molecule has 0 unspecified atom stereocenters. The van der Waals surface area contributed by atoms with Gasteiger partial charge in [0.2, 0.25) is 0 Å². The normalized spacial score (nSPS) is 18.7. The molecular weight excluding hydrogens is 210 g/mol. The fourth-order valence-electron chi connectivity index (χ4n) is 1.53. The standard InChI is InChI=1S/C10H15N3O3/c1-10(2)7-13(5-6-16-10)9(15)8(14)12-4-3-11/h4-7H2,1-2H3,(H,12,14). The van der Waals surface area contributed by atoms with Crippen molar-refractivity contribution in [2.75, 3.05) is 26.2 Å². The predicted octanol–water partition coefficient (Wildman–Crippen LogP) is -0.736. The van der Waals surface area contributed by atoms with Gasteiger partial charge in [-0.15, -0.1) is 0 Å². The topological polar surface area (TPSA) is 82.4 Å². The van der Waals surface area contributed by atoms with Gasteiger partial charge in [-0.1, -0.05) is 0 Å². The molecule has 1 saturated heterocycles. The molecule has 1 aliphatic heterocycles. The SMILES string of the molecule is CC1(C)CN(C(=O)C(=O)NCC#N)CCO1. The lowest BCUT2D eigenvalue weighted by molar-refractivity contribution is -0.155. The highest BCUT2D eigenvalue weighted by molar-refractivity contribution is 6.35. The zero-order chi connectivity index (χ0) is 12.2. The van der Waals surface area contributed by atoms with Crippen LogP contribution in [0.15, 0.2) is 0 Å². The fourth-order valence-corrected chi connectivity index (χ4v) is 1.53. The molecule has 2 amide bonds. The average molecular weight is 225 g/mol. The molecule has 0 saturated carbocycles. The maximum Gasteiger partial charge on any atom is 0.312 e. The lowest BCUT2D eigenvalue weighted by Gasteiger charge is -2.37. The van der Waals surface area contributed by atoms with Crippen molar-refractivity contribution in [1.29, 1.82) is 5.26 Å². The van der Waals surface area contributed by atoms with Gasteiger partial charge in [0.05, 0.1) is 18.3 Å². The summed E-state index contributed by atoms with van der Waals surface area (Å²) in [5.74, 6) is -1.34. The molecule has 16 heavy (non-hydrogen) atoms. The van der Waals surface area contributed by atoms with E-state index in [0.29, 0.717) is 19.7 Å². The fraction of sp³-hybridized carbons (Fsp3) is 0.700. The van der Waals surface area contributed by atoms with Gasteiger partial charge in [0.25, 0.3) is 0 Å². The number of carbonyl (C=O) groups excluding carboxylic acids is 2. The maximum absolute atomic E-state index is 11.6. The zero-order valence-electron chi connectivity index (χ0n) is 9.45. The monoisotopic (exact) mass is 225 g/mol.